The van der Waals surface area contributed by atoms with Gasteiger partial charge in [0.25, 0.3) is 0 Å². The summed E-state index contributed by atoms with van der Waals surface area (Å²) in [6.07, 6.45) is 0.733. The predicted octanol–water partition coefficient (Wildman–Crippen LogP) is 2.86. The first-order chi connectivity index (χ1) is 8.61. The van der Waals surface area contributed by atoms with E-state index >= 15 is 0 Å². The Morgan fingerprint density at radius 1 is 1.50 bits per heavy atom. The minimum atomic E-state index is -0.277. The Morgan fingerprint density at radius 3 is 2.78 bits per heavy atom. The molecule has 0 fully saturated rings. The maximum atomic E-state index is 12.8. The molecule has 0 aliphatic rings. The lowest BCUT2D eigenvalue weighted by Gasteiger charge is -2.11. The van der Waals surface area contributed by atoms with Crippen molar-refractivity contribution < 1.29 is 4.39 Å². The molecule has 0 atom stereocenters. The lowest BCUT2D eigenvalue weighted by Crippen LogP contribution is -2.16. The van der Waals surface area contributed by atoms with E-state index < -0.39 is 0 Å². The maximum Gasteiger partial charge on any atom is 0.214 e. The van der Waals surface area contributed by atoms with Crippen LogP contribution in [0, 0.1) is 10.6 Å². The van der Waals surface area contributed by atoms with Crippen molar-refractivity contribution in [3.63, 3.8) is 0 Å². The zero-order valence-electron chi connectivity index (χ0n) is 9.90. The zero-order valence-corrected chi connectivity index (χ0v) is 10.7. The summed E-state index contributed by atoms with van der Waals surface area (Å²) in [7, 11) is 0. The van der Waals surface area contributed by atoms with Gasteiger partial charge in [-0.25, -0.2) is 9.07 Å². The van der Waals surface area contributed by atoms with Crippen LogP contribution in [0.15, 0.2) is 30.8 Å². The monoisotopic (exact) mass is 264 g/mol. The fourth-order valence-corrected chi connectivity index (χ4v) is 1.73. The van der Waals surface area contributed by atoms with Crippen LogP contribution in [0.3, 0.4) is 0 Å². The molecule has 0 saturated carbocycles. The molecule has 0 radical (unpaired) electrons. The van der Waals surface area contributed by atoms with Crippen molar-refractivity contribution in [3.8, 4) is 0 Å². The van der Waals surface area contributed by atoms with Crippen LogP contribution in [0.1, 0.15) is 18.3 Å². The first-order valence-corrected chi connectivity index (χ1v) is 5.90. The predicted molar refractivity (Wildman–Crippen MR) is 71.6 cm³/mol. The summed E-state index contributed by atoms with van der Waals surface area (Å²) < 4.78 is 14.9. The molecule has 0 bridgehead atoms. The lowest BCUT2D eigenvalue weighted by atomic mass is 10.2. The van der Waals surface area contributed by atoms with E-state index in [0.717, 1.165) is 17.8 Å². The smallest absolute Gasteiger partial charge is 0.214 e. The molecule has 18 heavy (non-hydrogen) atoms. The summed E-state index contributed by atoms with van der Waals surface area (Å²) in [6, 6.07) is 6.08. The van der Waals surface area contributed by atoms with Crippen LogP contribution in [0.5, 0.6) is 0 Å². The fourth-order valence-electron chi connectivity index (χ4n) is 1.53. The molecule has 1 heterocycles. The Morgan fingerprint density at radius 2 is 2.17 bits per heavy atom. The number of aromatic amines is 1. The molecule has 2 N–H and O–H groups in total. The lowest BCUT2D eigenvalue weighted by molar-refractivity contribution is 0.627. The topological polar surface area (TPSA) is 45.6 Å². The van der Waals surface area contributed by atoms with Crippen LogP contribution >= 0.6 is 12.2 Å². The number of benzene rings is 1. The van der Waals surface area contributed by atoms with Gasteiger partial charge in [0.1, 0.15) is 5.82 Å². The van der Waals surface area contributed by atoms with E-state index in [2.05, 4.69) is 22.2 Å². The summed E-state index contributed by atoms with van der Waals surface area (Å²) in [4.78, 5) is 0. The molecule has 0 amide bonds. The molecule has 0 saturated heterocycles. The second-order valence-electron chi connectivity index (χ2n) is 3.73. The second-order valence-corrected chi connectivity index (χ2v) is 4.12. The van der Waals surface area contributed by atoms with Gasteiger partial charge < -0.3 is 0 Å². The van der Waals surface area contributed by atoms with E-state index in [0.29, 0.717) is 10.5 Å². The molecule has 0 spiro atoms. The quantitative estimate of drug-likeness (QED) is 0.835. The van der Waals surface area contributed by atoms with Crippen LogP contribution in [-0.2, 0) is 6.42 Å². The fraction of sp³-hybridized carbons (Fsp3) is 0.167. The molecular formula is C12H13FN4S. The molecular weight excluding hydrogens is 251 g/mol. The van der Waals surface area contributed by atoms with Gasteiger partial charge in [-0.15, -0.1) is 0 Å². The number of rotatable bonds is 4. The van der Waals surface area contributed by atoms with Crippen molar-refractivity contribution in [1.29, 1.82) is 0 Å². The molecule has 4 nitrogen and oxygen atoms in total. The van der Waals surface area contributed by atoms with Gasteiger partial charge in [-0.1, -0.05) is 13.5 Å². The van der Waals surface area contributed by atoms with E-state index in [1.165, 1.54) is 12.1 Å². The average molecular weight is 264 g/mol. The summed E-state index contributed by atoms with van der Waals surface area (Å²) in [5, 5.41) is 6.78. The number of H-pyrrole nitrogens is 1. The van der Waals surface area contributed by atoms with E-state index in [-0.39, 0.29) is 5.82 Å². The molecule has 2 rings (SSSR count). The highest BCUT2D eigenvalue weighted by Crippen LogP contribution is 2.12. The molecule has 0 aliphatic heterocycles. The van der Waals surface area contributed by atoms with E-state index in [9.17, 15) is 4.39 Å². The van der Waals surface area contributed by atoms with Gasteiger partial charge in [0.15, 0.2) is 5.82 Å². The highest BCUT2D eigenvalue weighted by molar-refractivity contribution is 7.71. The van der Waals surface area contributed by atoms with Gasteiger partial charge in [-0.2, -0.15) is 5.10 Å². The van der Waals surface area contributed by atoms with Crippen molar-refractivity contribution in [2.75, 3.05) is 5.43 Å². The second kappa shape index (κ2) is 5.14. The standard InChI is InChI=1S/C12H13FN4S/c1-3-11-14-15-12(18)17(11)16-8(2)9-4-6-10(13)7-5-9/h4-7,16H,2-3H2,1H3,(H,15,18). The number of nitrogens with zero attached hydrogens (tertiary/aromatic N) is 2. The van der Waals surface area contributed by atoms with Gasteiger partial charge in [0, 0.05) is 6.42 Å². The zero-order chi connectivity index (χ0) is 13.1. The third-order valence-corrected chi connectivity index (χ3v) is 2.77. The molecule has 94 valence electrons. The van der Waals surface area contributed by atoms with Crippen LogP contribution < -0.4 is 5.43 Å². The van der Waals surface area contributed by atoms with Crippen LogP contribution in [-0.4, -0.2) is 14.9 Å². The highest BCUT2D eigenvalue weighted by Gasteiger charge is 2.05. The first-order valence-electron chi connectivity index (χ1n) is 5.50. The molecule has 1 aromatic heterocycles. The number of hydrogen-bond acceptors (Lipinski definition) is 3. The van der Waals surface area contributed by atoms with Crippen molar-refractivity contribution in [3.05, 3.63) is 52.8 Å². The van der Waals surface area contributed by atoms with Gasteiger partial charge in [-0.05, 0) is 42.0 Å². The summed E-state index contributed by atoms with van der Waals surface area (Å²) in [5.74, 6) is 0.504. The number of halogens is 1. The molecule has 0 unspecified atom stereocenters. The molecule has 2 aromatic rings. The Bertz CT molecular complexity index is 612. The highest BCUT2D eigenvalue weighted by atomic mass is 32.1. The van der Waals surface area contributed by atoms with E-state index in [4.69, 9.17) is 12.2 Å². The Labute approximate surface area is 109 Å². The van der Waals surface area contributed by atoms with Gasteiger partial charge >= 0.3 is 0 Å². The van der Waals surface area contributed by atoms with Crippen LogP contribution in [0.2, 0.25) is 0 Å². The van der Waals surface area contributed by atoms with E-state index in [1.54, 1.807) is 16.8 Å². The normalized spacial score (nSPS) is 10.3. The number of aromatic nitrogens is 3. The van der Waals surface area contributed by atoms with Gasteiger partial charge in [0.2, 0.25) is 4.77 Å². The van der Waals surface area contributed by atoms with Gasteiger partial charge in [0.05, 0.1) is 5.70 Å². The maximum absolute atomic E-state index is 12.8. The Kier molecular flexibility index (Phi) is 3.57. The van der Waals surface area contributed by atoms with Gasteiger partial charge in [-0.3, -0.25) is 10.5 Å². The molecule has 1 aromatic carbocycles. The van der Waals surface area contributed by atoms with Crippen molar-refractivity contribution in [2.24, 2.45) is 0 Å². The summed E-state index contributed by atoms with van der Waals surface area (Å²) in [5.41, 5.74) is 4.47. The van der Waals surface area contributed by atoms with Crippen LogP contribution in [0.25, 0.3) is 5.70 Å². The Balaban J connectivity index is 2.23. The summed E-state index contributed by atoms with van der Waals surface area (Å²) >= 11 is 5.11. The first kappa shape index (κ1) is 12.5. The van der Waals surface area contributed by atoms with Crippen molar-refractivity contribution in [1.82, 2.24) is 14.9 Å². The third kappa shape index (κ3) is 2.48. The number of nitrogens with one attached hydrogen (secondary N) is 2. The van der Waals surface area contributed by atoms with E-state index in [1.807, 2.05) is 6.92 Å². The number of aryl methyl sites for hydroxylation is 1. The Hall–Kier alpha value is -1.95. The van der Waals surface area contributed by atoms with Crippen LogP contribution in [0.4, 0.5) is 4.39 Å². The van der Waals surface area contributed by atoms with Crippen molar-refractivity contribution >= 4 is 17.9 Å². The molecule has 0 aliphatic carbocycles. The third-order valence-electron chi connectivity index (χ3n) is 2.50. The van der Waals surface area contributed by atoms with Crippen molar-refractivity contribution in [2.45, 2.75) is 13.3 Å². The minimum absolute atomic E-state index is 0.277. The SMILES string of the molecule is C=C(Nn1c(CC)n[nH]c1=S)c1ccc(F)cc1. The average Bonchev–Trinajstić information content (AvgIpc) is 2.71. The minimum Gasteiger partial charge on any atom is -0.291 e. The number of hydrogen-bond donors (Lipinski definition) is 2. The molecule has 6 heteroatoms. The largest absolute Gasteiger partial charge is 0.291 e. The summed E-state index contributed by atoms with van der Waals surface area (Å²) in [6.45, 7) is 5.88.